The molecule has 1 N–H and O–H groups in total. The Morgan fingerprint density at radius 1 is 0.761 bits per heavy atom. The highest BCUT2D eigenvalue weighted by atomic mass is 16.5. The fourth-order valence-electron chi connectivity index (χ4n) is 6.04. The second kappa shape index (κ2) is 16.4. The van der Waals surface area contributed by atoms with E-state index in [1.807, 2.05) is 95.9 Å². The van der Waals surface area contributed by atoms with Gasteiger partial charge in [-0.1, -0.05) is 103 Å². The van der Waals surface area contributed by atoms with Crippen LogP contribution in [0.3, 0.4) is 0 Å². The van der Waals surface area contributed by atoms with Crippen molar-refractivity contribution in [1.29, 1.82) is 0 Å². The number of amides is 2. The lowest BCUT2D eigenvalue weighted by molar-refractivity contribution is -0.145. The van der Waals surface area contributed by atoms with Gasteiger partial charge in [-0.2, -0.15) is 0 Å². The van der Waals surface area contributed by atoms with Gasteiger partial charge < -0.3 is 19.7 Å². The van der Waals surface area contributed by atoms with Crippen LogP contribution in [0.2, 0.25) is 0 Å². The number of nitrogens with zero attached hydrogens (tertiary/aromatic N) is 1. The monoisotopic (exact) mass is 618 g/mol. The van der Waals surface area contributed by atoms with E-state index < -0.39 is 12.0 Å². The molecule has 0 aliphatic carbocycles. The zero-order valence-corrected chi connectivity index (χ0v) is 26.3. The normalized spacial score (nSPS) is 14.0. The number of rotatable bonds is 13. The molecule has 0 bridgehead atoms. The Hall–Kier alpha value is -4.91. The fraction of sp³-hybridized carbons (Fsp3) is 0.308. The Morgan fingerprint density at radius 3 is 1.89 bits per heavy atom. The van der Waals surface area contributed by atoms with Gasteiger partial charge in [-0.25, -0.2) is 4.79 Å². The van der Waals surface area contributed by atoms with E-state index in [0.717, 1.165) is 40.8 Å². The molecule has 1 heterocycles. The Labute approximate surface area is 271 Å². The SMILES string of the molecule is COC(=O)[C@H](Cc1ccc(OCc2ccccc2)cc1)NC(=O)CC1CCN(C(=O)CC(c2ccccc2)c2ccccc2)CC1. The van der Waals surface area contributed by atoms with Gasteiger partial charge >= 0.3 is 5.97 Å². The lowest BCUT2D eigenvalue weighted by atomic mass is 9.87. The third-order valence-electron chi connectivity index (χ3n) is 8.66. The molecule has 0 aromatic heterocycles. The highest BCUT2D eigenvalue weighted by Crippen LogP contribution is 2.30. The lowest BCUT2D eigenvalue weighted by Crippen LogP contribution is -2.44. The number of carbonyl (C=O) groups excluding carboxylic acids is 3. The first-order valence-electron chi connectivity index (χ1n) is 16.0. The first-order chi connectivity index (χ1) is 22.5. The third kappa shape index (κ3) is 9.30. The van der Waals surface area contributed by atoms with E-state index in [1.54, 1.807) is 0 Å². The summed E-state index contributed by atoms with van der Waals surface area (Å²) in [4.78, 5) is 41.0. The van der Waals surface area contributed by atoms with Gasteiger partial charge in [0.05, 0.1) is 7.11 Å². The minimum atomic E-state index is -0.789. The number of nitrogens with one attached hydrogen (secondary N) is 1. The van der Waals surface area contributed by atoms with Crippen molar-refractivity contribution in [3.05, 3.63) is 138 Å². The molecule has 0 radical (unpaired) electrons. The molecule has 7 nitrogen and oxygen atoms in total. The topological polar surface area (TPSA) is 84.9 Å². The lowest BCUT2D eigenvalue weighted by Gasteiger charge is -2.33. The summed E-state index contributed by atoms with van der Waals surface area (Å²) >= 11 is 0. The number of hydrogen-bond acceptors (Lipinski definition) is 5. The van der Waals surface area contributed by atoms with Crippen molar-refractivity contribution in [2.24, 2.45) is 5.92 Å². The van der Waals surface area contributed by atoms with Crippen LogP contribution in [0.5, 0.6) is 5.75 Å². The van der Waals surface area contributed by atoms with Crippen LogP contribution in [0, 0.1) is 5.92 Å². The van der Waals surface area contributed by atoms with Gasteiger partial charge in [0.2, 0.25) is 11.8 Å². The largest absolute Gasteiger partial charge is 0.489 e. The summed E-state index contributed by atoms with van der Waals surface area (Å²) in [6.07, 6.45) is 2.51. The number of benzene rings is 4. The zero-order chi connectivity index (χ0) is 32.1. The molecule has 0 unspecified atom stereocenters. The maximum atomic E-state index is 13.4. The number of carbonyl (C=O) groups is 3. The average Bonchev–Trinajstić information content (AvgIpc) is 3.11. The molecule has 1 aliphatic rings. The number of piperidine rings is 1. The highest BCUT2D eigenvalue weighted by molar-refractivity contribution is 5.85. The zero-order valence-electron chi connectivity index (χ0n) is 26.3. The summed E-state index contributed by atoms with van der Waals surface area (Å²) in [6, 6.07) is 37.0. The predicted molar refractivity (Wildman–Crippen MR) is 178 cm³/mol. The molecule has 238 valence electrons. The molecule has 1 fully saturated rings. The molecule has 4 aromatic carbocycles. The maximum absolute atomic E-state index is 13.4. The minimum Gasteiger partial charge on any atom is -0.489 e. The number of ether oxygens (including phenoxy) is 2. The first-order valence-corrected chi connectivity index (χ1v) is 16.0. The van der Waals surface area contributed by atoms with E-state index in [2.05, 4.69) is 29.6 Å². The van der Waals surface area contributed by atoms with E-state index in [9.17, 15) is 14.4 Å². The Morgan fingerprint density at radius 2 is 1.33 bits per heavy atom. The summed E-state index contributed by atoms with van der Waals surface area (Å²) in [7, 11) is 1.33. The van der Waals surface area contributed by atoms with Gasteiger partial charge in [-0.3, -0.25) is 9.59 Å². The van der Waals surface area contributed by atoms with Crippen LogP contribution in [0.25, 0.3) is 0 Å². The molecule has 0 spiro atoms. The van der Waals surface area contributed by atoms with Crippen molar-refractivity contribution in [2.45, 2.75) is 50.7 Å². The highest BCUT2D eigenvalue weighted by Gasteiger charge is 2.29. The third-order valence-corrected chi connectivity index (χ3v) is 8.66. The van der Waals surface area contributed by atoms with Gasteiger partial charge in [-0.05, 0) is 53.1 Å². The first kappa shape index (κ1) is 32.5. The van der Waals surface area contributed by atoms with E-state index in [-0.39, 0.29) is 23.7 Å². The van der Waals surface area contributed by atoms with E-state index in [0.29, 0.717) is 39.0 Å². The Kier molecular flexibility index (Phi) is 11.6. The quantitative estimate of drug-likeness (QED) is 0.177. The van der Waals surface area contributed by atoms with Crippen molar-refractivity contribution >= 4 is 17.8 Å². The molecule has 0 saturated carbocycles. The summed E-state index contributed by atoms with van der Waals surface area (Å²) in [5.41, 5.74) is 4.22. The fourth-order valence-corrected chi connectivity index (χ4v) is 6.04. The van der Waals surface area contributed by atoms with Gasteiger partial charge in [0, 0.05) is 38.3 Å². The molecular formula is C39H42N2O5. The number of likely N-dealkylation sites (tertiary alicyclic amines) is 1. The molecule has 5 rings (SSSR count). The summed E-state index contributed by atoms with van der Waals surface area (Å²) in [6.45, 7) is 1.70. The van der Waals surface area contributed by atoms with Crippen molar-refractivity contribution in [1.82, 2.24) is 10.2 Å². The molecule has 7 heteroatoms. The van der Waals surface area contributed by atoms with Crippen LogP contribution in [0.15, 0.2) is 115 Å². The second-order valence-electron chi connectivity index (χ2n) is 11.9. The van der Waals surface area contributed by atoms with Crippen LogP contribution in [0.4, 0.5) is 0 Å². The Bertz CT molecular complexity index is 1500. The molecule has 1 aliphatic heterocycles. The van der Waals surface area contributed by atoms with Crippen LogP contribution in [-0.4, -0.2) is 48.9 Å². The molecule has 1 saturated heterocycles. The van der Waals surface area contributed by atoms with Gasteiger partial charge in [-0.15, -0.1) is 0 Å². The van der Waals surface area contributed by atoms with Crippen molar-refractivity contribution < 1.29 is 23.9 Å². The van der Waals surface area contributed by atoms with Crippen LogP contribution < -0.4 is 10.1 Å². The maximum Gasteiger partial charge on any atom is 0.328 e. The smallest absolute Gasteiger partial charge is 0.328 e. The second-order valence-corrected chi connectivity index (χ2v) is 11.9. The van der Waals surface area contributed by atoms with Crippen LogP contribution in [0.1, 0.15) is 53.9 Å². The summed E-state index contributed by atoms with van der Waals surface area (Å²) in [5.74, 6) is 0.324. The van der Waals surface area contributed by atoms with E-state index in [4.69, 9.17) is 9.47 Å². The summed E-state index contributed by atoms with van der Waals surface area (Å²) in [5, 5.41) is 2.90. The van der Waals surface area contributed by atoms with E-state index in [1.165, 1.54) is 7.11 Å². The van der Waals surface area contributed by atoms with Gasteiger partial charge in [0.25, 0.3) is 0 Å². The van der Waals surface area contributed by atoms with Crippen LogP contribution >= 0.6 is 0 Å². The van der Waals surface area contributed by atoms with Gasteiger partial charge in [0.1, 0.15) is 18.4 Å². The number of methoxy groups -OCH3 is 1. The predicted octanol–water partition coefficient (Wildman–Crippen LogP) is 6.32. The van der Waals surface area contributed by atoms with E-state index >= 15 is 0 Å². The van der Waals surface area contributed by atoms with Gasteiger partial charge in [0.15, 0.2) is 0 Å². The minimum absolute atomic E-state index is 0.00771. The van der Waals surface area contributed by atoms with Crippen LogP contribution in [-0.2, 0) is 32.1 Å². The molecule has 1 atom stereocenters. The number of esters is 1. The van der Waals surface area contributed by atoms with Crippen molar-refractivity contribution in [3.63, 3.8) is 0 Å². The van der Waals surface area contributed by atoms with Crippen molar-refractivity contribution in [2.75, 3.05) is 20.2 Å². The number of hydrogen-bond donors (Lipinski definition) is 1. The molecule has 46 heavy (non-hydrogen) atoms. The average molecular weight is 619 g/mol. The summed E-state index contributed by atoms with van der Waals surface area (Å²) < 4.78 is 10.9. The van der Waals surface area contributed by atoms with Crippen molar-refractivity contribution in [3.8, 4) is 5.75 Å². The molecular weight excluding hydrogens is 576 g/mol. The molecule has 4 aromatic rings. The molecule has 2 amide bonds. The standard InChI is InChI=1S/C39H42N2O5/c1-45-39(44)36(25-29-17-19-34(20-18-29)46-28-31-11-5-2-6-12-31)40-37(42)26-30-21-23-41(24-22-30)38(43)27-35(32-13-7-3-8-14-32)33-15-9-4-10-16-33/h2-20,30,35-36H,21-28H2,1H3,(H,40,42)/t36-/m0/s1. The Balaban J connectivity index is 1.10.